The second-order valence-corrected chi connectivity index (χ2v) is 5.14. The molecule has 122 valence electrons. The minimum absolute atomic E-state index is 0. The van der Waals surface area contributed by atoms with Gasteiger partial charge in [0, 0.05) is 32.4 Å². The maximum absolute atomic E-state index is 5.82. The monoisotopic (exact) mass is 409 g/mol. The number of aliphatic imine (C=N–C) groups is 1. The van der Waals surface area contributed by atoms with Gasteiger partial charge in [-0.05, 0) is 39.2 Å². The zero-order chi connectivity index (χ0) is 15.1. The van der Waals surface area contributed by atoms with Crippen LogP contribution in [0.2, 0.25) is 0 Å². The lowest BCUT2D eigenvalue weighted by Gasteiger charge is -2.12. The lowest BCUT2D eigenvalue weighted by molar-refractivity contribution is 0.179. The average Bonchev–Trinajstić information content (AvgIpc) is 2.60. The first-order valence-corrected chi connectivity index (χ1v) is 7.00. The van der Waals surface area contributed by atoms with Gasteiger partial charge in [0.05, 0.1) is 12.3 Å². The molecule has 0 radical (unpaired) electrons. The predicted octanol–water partition coefficient (Wildman–Crippen LogP) is 1.53. The van der Waals surface area contributed by atoms with E-state index >= 15 is 0 Å². The summed E-state index contributed by atoms with van der Waals surface area (Å²) in [6, 6.07) is 0.173. The summed E-state index contributed by atoms with van der Waals surface area (Å²) < 4.78 is 6.96. The smallest absolute Gasteiger partial charge is 0.188 e. The zero-order valence-electron chi connectivity index (χ0n) is 13.6. The van der Waals surface area contributed by atoms with Gasteiger partial charge in [-0.2, -0.15) is 5.10 Å². The van der Waals surface area contributed by atoms with Gasteiger partial charge in [0.1, 0.15) is 0 Å². The molecule has 0 saturated heterocycles. The average molecular weight is 409 g/mol. The van der Waals surface area contributed by atoms with Crippen LogP contribution >= 0.6 is 24.0 Å². The van der Waals surface area contributed by atoms with Crippen LogP contribution in [0.5, 0.6) is 0 Å². The molecule has 0 aliphatic carbocycles. The predicted molar refractivity (Wildman–Crippen MR) is 97.4 cm³/mol. The molecular formula is C14H28IN5O. The molecule has 1 aromatic rings. The number of guanidine groups is 1. The third-order valence-corrected chi connectivity index (χ3v) is 3.34. The van der Waals surface area contributed by atoms with Crippen molar-refractivity contribution >= 4 is 29.9 Å². The summed E-state index contributed by atoms with van der Waals surface area (Å²) in [6.45, 7) is 7.49. The highest BCUT2D eigenvalue weighted by Crippen LogP contribution is 2.13. The molecule has 3 N–H and O–H groups in total. The van der Waals surface area contributed by atoms with E-state index in [2.05, 4.69) is 22.3 Å². The van der Waals surface area contributed by atoms with Crippen molar-refractivity contribution in [3.05, 3.63) is 17.0 Å². The molecule has 7 heteroatoms. The number of nitrogens with one attached hydrogen (secondary N) is 1. The van der Waals surface area contributed by atoms with Gasteiger partial charge in [0.2, 0.25) is 0 Å². The van der Waals surface area contributed by atoms with Crippen LogP contribution in [0.1, 0.15) is 30.3 Å². The van der Waals surface area contributed by atoms with Gasteiger partial charge >= 0.3 is 0 Å². The zero-order valence-corrected chi connectivity index (χ0v) is 16.0. The van der Waals surface area contributed by atoms with Crippen LogP contribution in [0.3, 0.4) is 0 Å². The topological polar surface area (TPSA) is 77.5 Å². The Morgan fingerprint density at radius 1 is 1.48 bits per heavy atom. The van der Waals surface area contributed by atoms with Crippen molar-refractivity contribution in [3.8, 4) is 0 Å². The van der Waals surface area contributed by atoms with Crippen molar-refractivity contribution in [2.75, 3.05) is 20.3 Å². The minimum Gasteiger partial charge on any atom is -0.383 e. The van der Waals surface area contributed by atoms with Crippen molar-refractivity contribution in [1.82, 2.24) is 15.1 Å². The summed E-state index contributed by atoms with van der Waals surface area (Å²) in [5, 5.41) is 7.51. The molecule has 0 bridgehead atoms. The van der Waals surface area contributed by atoms with Gasteiger partial charge < -0.3 is 15.8 Å². The maximum atomic E-state index is 5.82. The Morgan fingerprint density at radius 2 is 2.14 bits per heavy atom. The minimum atomic E-state index is 0. The second-order valence-electron chi connectivity index (χ2n) is 5.14. The Bertz CT molecular complexity index is 458. The lowest BCUT2D eigenvalue weighted by Crippen LogP contribution is -2.40. The number of aryl methyl sites for hydroxylation is 2. The van der Waals surface area contributed by atoms with Crippen molar-refractivity contribution in [3.63, 3.8) is 0 Å². The number of methoxy groups -OCH3 is 1. The third kappa shape index (κ3) is 6.64. The summed E-state index contributed by atoms with van der Waals surface area (Å²) in [5.41, 5.74) is 9.47. The quantitative estimate of drug-likeness (QED) is 0.310. The molecule has 6 nitrogen and oxygen atoms in total. The first-order chi connectivity index (χ1) is 9.45. The number of nitrogens with zero attached hydrogens (tertiary/aromatic N) is 3. The fraction of sp³-hybridized carbons (Fsp3) is 0.714. The van der Waals surface area contributed by atoms with Gasteiger partial charge in [-0.25, -0.2) is 0 Å². The van der Waals surface area contributed by atoms with Crippen LogP contribution in [-0.2, 0) is 18.2 Å². The molecule has 1 atom stereocenters. The third-order valence-electron chi connectivity index (χ3n) is 3.34. The number of hydrogen-bond donors (Lipinski definition) is 2. The maximum Gasteiger partial charge on any atom is 0.188 e. The normalized spacial score (nSPS) is 12.9. The fourth-order valence-corrected chi connectivity index (χ4v) is 2.22. The van der Waals surface area contributed by atoms with Crippen LogP contribution in [0.15, 0.2) is 4.99 Å². The second kappa shape index (κ2) is 9.99. The molecule has 21 heavy (non-hydrogen) atoms. The molecule has 1 aromatic heterocycles. The van der Waals surface area contributed by atoms with Crippen molar-refractivity contribution in [1.29, 1.82) is 0 Å². The number of halogens is 1. The number of aromatic nitrogens is 2. The van der Waals surface area contributed by atoms with Crippen molar-refractivity contribution < 1.29 is 4.74 Å². The molecule has 0 fully saturated rings. The Labute approximate surface area is 144 Å². The molecule has 1 rings (SSSR count). The summed E-state index contributed by atoms with van der Waals surface area (Å²) in [7, 11) is 3.65. The van der Waals surface area contributed by atoms with E-state index in [1.807, 2.05) is 25.6 Å². The van der Waals surface area contributed by atoms with Gasteiger partial charge in [-0.3, -0.25) is 9.67 Å². The molecule has 0 saturated carbocycles. The number of ether oxygens (including phenoxy) is 1. The van der Waals surface area contributed by atoms with E-state index in [-0.39, 0.29) is 30.0 Å². The highest BCUT2D eigenvalue weighted by atomic mass is 127. The Hall–Kier alpha value is -0.830. The summed E-state index contributed by atoms with van der Waals surface area (Å²) in [6.07, 6.45) is 1.95. The van der Waals surface area contributed by atoms with Crippen molar-refractivity contribution in [2.45, 2.75) is 39.7 Å². The van der Waals surface area contributed by atoms with Crippen LogP contribution in [0, 0.1) is 13.8 Å². The van der Waals surface area contributed by atoms with Crippen LogP contribution in [-0.4, -0.2) is 42.0 Å². The number of nitrogens with two attached hydrogens (primary N) is 1. The van der Waals surface area contributed by atoms with E-state index in [4.69, 9.17) is 10.5 Å². The first kappa shape index (κ1) is 20.2. The molecule has 1 heterocycles. The molecule has 0 aromatic carbocycles. The Morgan fingerprint density at radius 3 is 2.67 bits per heavy atom. The van der Waals surface area contributed by atoms with Crippen molar-refractivity contribution in [2.24, 2.45) is 17.8 Å². The molecule has 0 aliphatic heterocycles. The van der Waals surface area contributed by atoms with Gasteiger partial charge in [-0.1, -0.05) is 0 Å². The summed E-state index contributed by atoms with van der Waals surface area (Å²) >= 11 is 0. The van der Waals surface area contributed by atoms with E-state index < -0.39 is 0 Å². The highest BCUT2D eigenvalue weighted by Gasteiger charge is 2.08. The standard InChI is InChI=1S/C14H27N5O.HI/c1-10(9-20-5)17-14(15)16-8-6-7-13-11(2)18-19(4)12(13)3;/h10H,6-9H2,1-5H3,(H3,15,16,17);1H. The number of rotatable bonds is 7. The van der Waals surface area contributed by atoms with E-state index in [1.165, 1.54) is 11.3 Å². The first-order valence-electron chi connectivity index (χ1n) is 7.00. The Kier molecular flexibility index (Phi) is 9.60. The molecule has 0 aliphatic rings. The summed E-state index contributed by atoms with van der Waals surface area (Å²) in [4.78, 5) is 4.33. The van der Waals surface area contributed by atoms with Crippen LogP contribution in [0.4, 0.5) is 0 Å². The highest BCUT2D eigenvalue weighted by molar-refractivity contribution is 14.0. The van der Waals surface area contributed by atoms with Crippen LogP contribution in [0.25, 0.3) is 0 Å². The SMILES string of the molecule is COCC(C)NC(N)=NCCCc1c(C)nn(C)c1C.I. The number of hydrogen-bond acceptors (Lipinski definition) is 3. The van der Waals surface area contributed by atoms with Gasteiger partial charge in [-0.15, -0.1) is 24.0 Å². The molecule has 1 unspecified atom stereocenters. The fourth-order valence-electron chi connectivity index (χ4n) is 2.22. The Balaban J connectivity index is 0.00000400. The van der Waals surface area contributed by atoms with Gasteiger partial charge in [0.15, 0.2) is 5.96 Å². The molecular weight excluding hydrogens is 381 g/mol. The lowest BCUT2D eigenvalue weighted by atomic mass is 10.1. The molecule has 0 spiro atoms. The van der Waals surface area contributed by atoms with Crippen LogP contribution < -0.4 is 11.1 Å². The van der Waals surface area contributed by atoms with E-state index in [0.717, 1.165) is 18.5 Å². The van der Waals surface area contributed by atoms with E-state index in [0.29, 0.717) is 19.1 Å². The summed E-state index contributed by atoms with van der Waals surface area (Å²) in [5.74, 6) is 0.481. The van der Waals surface area contributed by atoms with E-state index in [1.54, 1.807) is 7.11 Å². The van der Waals surface area contributed by atoms with Gasteiger partial charge in [0.25, 0.3) is 0 Å². The molecule has 0 amide bonds. The largest absolute Gasteiger partial charge is 0.383 e. The van der Waals surface area contributed by atoms with E-state index in [9.17, 15) is 0 Å².